The summed E-state index contributed by atoms with van der Waals surface area (Å²) in [6.07, 6.45) is 5.24. The van der Waals surface area contributed by atoms with Gasteiger partial charge in [0.1, 0.15) is 17.6 Å². The summed E-state index contributed by atoms with van der Waals surface area (Å²) in [7, 11) is 0. The lowest BCUT2D eigenvalue weighted by Gasteiger charge is -2.39. The van der Waals surface area contributed by atoms with E-state index in [1.54, 1.807) is 17.1 Å². The van der Waals surface area contributed by atoms with Crippen molar-refractivity contribution in [3.05, 3.63) is 49.6 Å². The molecule has 3 heterocycles. The van der Waals surface area contributed by atoms with Crippen molar-refractivity contribution in [2.75, 3.05) is 42.6 Å². The minimum Gasteiger partial charge on any atom is -0.465 e. The number of aliphatic hydroxyl groups is 1. The molecule has 9 nitrogen and oxygen atoms in total. The van der Waals surface area contributed by atoms with Crippen molar-refractivity contribution in [3.63, 3.8) is 0 Å². The third-order valence-electron chi connectivity index (χ3n) is 9.21. The Bertz CT molecular complexity index is 1150. The van der Waals surface area contributed by atoms with Crippen LogP contribution >= 0.6 is 0 Å². The van der Waals surface area contributed by atoms with Gasteiger partial charge < -0.3 is 29.3 Å². The van der Waals surface area contributed by atoms with Crippen LogP contribution in [0, 0.1) is 11.8 Å². The average molecular weight is 568 g/mol. The Kier molecular flexibility index (Phi) is 9.29. The number of amides is 2. The number of ether oxygens (including phenoxy) is 2. The van der Waals surface area contributed by atoms with Crippen molar-refractivity contribution in [1.82, 2.24) is 4.90 Å². The average Bonchev–Trinajstić information content (AvgIpc) is 3.54. The molecule has 0 saturated carbocycles. The van der Waals surface area contributed by atoms with Gasteiger partial charge in [0, 0.05) is 31.0 Å². The smallest absolute Gasteiger partial charge is 0.312 e. The second kappa shape index (κ2) is 12.4. The summed E-state index contributed by atoms with van der Waals surface area (Å²) in [5.41, 5.74) is -0.398. The van der Waals surface area contributed by atoms with Crippen LogP contribution in [-0.2, 0) is 23.9 Å². The first-order chi connectivity index (χ1) is 19.7. The Labute approximate surface area is 243 Å². The van der Waals surface area contributed by atoms with Gasteiger partial charge in [-0.1, -0.05) is 19.1 Å². The molecule has 1 aromatic rings. The van der Waals surface area contributed by atoms with Gasteiger partial charge in [-0.2, -0.15) is 0 Å². The predicted molar refractivity (Wildman–Crippen MR) is 159 cm³/mol. The Balaban J connectivity index is 1.76. The third-order valence-corrected chi connectivity index (χ3v) is 9.21. The molecule has 1 aromatic carbocycles. The fraction of sp³-hybridized carbons (Fsp3) is 0.594. The maximum absolute atomic E-state index is 14.7. The third kappa shape index (κ3) is 5.07. The molecule has 0 aromatic heterocycles. The predicted octanol–water partition coefficient (Wildman–Crippen LogP) is 3.71. The standard InChI is InChI=1S/C32H45N3O6/c1-7-12-20-40-30(39)26-25-28(37)35(22(9-3)21-36)27(32(25)18-17-31(26,6)41-32)29(38)34(19-8-2)24-15-13-23(14-16-24)33(10-4)11-5/h7-8,13-16,22,25-27,36H,1-2,9-12,17-21H2,3-6H3/t22-,25-,26+,27?,31-,32?/m0/s1. The minimum absolute atomic E-state index is 0.166. The zero-order valence-electron chi connectivity index (χ0n) is 24.9. The van der Waals surface area contributed by atoms with E-state index in [1.165, 1.54) is 4.90 Å². The minimum atomic E-state index is -1.20. The zero-order valence-corrected chi connectivity index (χ0v) is 24.9. The molecule has 3 aliphatic rings. The molecule has 224 valence electrons. The number of aliphatic hydroxyl groups excluding tert-OH is 1. The molecule has 3 saturated heterocycles. The molecular weight excluding hydrogens is 522 g/mol. The summed E-state index contributed by atoms with van der Waals surface area (Å²) >= 11 is 0. The van der Waals surface area contributed by atoms with E-state index in [0.29, 0.717) is 31.4 Å². The number of nitrogens with zero attached hydrogens (tertiary/aromatic N) is 3. The molecule has 0 radical (unpaired) electrons. The van der Waals surface area contributed by atoms with Gasteiger partial charge in [0.05, 0.1) is 30.8 Å². The molecule has 1 spiro atoms. The van der Waals surface area contributed by atoms with Crippen molar-refractivity contribution >= 4 is 29.2 Å². The van der Waals surface area contributed by atoms with Crippen molar-refractivity contribution in [2.45, 2.75) is 76.7 Å². The Hall–Kier alpha value is -3.17. The zero-order chi connectivity index (χ0) is 29.9. The number of likely N-dealkylation sites (tertiary alicyclic amines) is 1. The molecule has 2 amide bonds. The summed E-state index contributed by atoms with van der Waals surface area (Å²) in [6, 6.07) is 6.18. The normalized spacial score (nSPS) is 28.8. The largest absolute Gasteiger partial charge is 0.465 e. The number of fused-ring (bicyclic) bond motifs is 1. The van der Waals surface area contributed by atoms with Crippen LogP contribution in [0.4, 0.5) is 11.4 Å². The topological polar surface area (TPSA) is 99.6 Å². The first kappa shape index (κ1) is 30.8. The van der Waals surface area contributed by atoms with Crippen molar-refractivity contribution in [2.24, 2.45) is 11.8 Å². The monoisotopic (exact) mass is 567 g/mol. The van der Waals surface area contributed by atoms with Gasteiger partial charge >= 0.3 is 5.97 Å². The molecule has 3 fully saturated rings. The highest BCUT2D eigenvalue weighted by Gasteiger charge is 2.79. The summed E-state index contributed by atoms with van der Waals surface area (Å²) in [6.45, 7) is 17.3. The fourth-order valence-electron chi connectivity index (χ4n) is 7.17. The van der Waals surface area contributed by atoms with Gasteiger partial charge in [-0.15, -0.1) is 13.2 Å². The van der Waals surface area contributed by atoms with Crippen LogP contribution in [0.25, 0.3) is 0 Å². The van der Waals surface area contributed by atoms with Crippen molar-refractivity contribution in [3.8, 4) is 0 Å². The number of anilines is 2. The van der Waals surface area contributed by atoms with Crippen LogP contribution < -0.4 is 9.80 Å². The Morgan fingerprint density at radius 3 is 2.37 bits per heavy atom. The number of rotatable bonds is 14. The number of hydrogen-bond donors (Lipinski definition) is 1. The molecular formula is C32H45N3O6. The van der Waals surface area contributed by atoms with E-state index in [9.17, 15) is 19.5 Å². The van der Waals surface area contributed by atoms with Gasteiger partial charge in [-0.25, -0.2) is 0 Å². The number of esters is 1. The second-order valence-corrected chi connectivity index (χ2v) is 11.4. The lowest BCUT2D eigenvalue weighted by molar-refractivity contribution is -0.160. The molecule has 3 aliphatic heterocycles. The molecule has 2 unspecified atom stereocenters. The van der Waals surface area contributed by atoms with E-state index < -0.39 is 41.1 Å². The number of carbonyl (C=O) groups is 3. The highest BCUT2D eigenvalue weighted by atomic mass is 16.6. The Morgan fingerprint density at radius 1 is 1.15 bits per heavy atom. The maximum Gasteiger partial charge on any atom is 0.312 e. The SMILES string of the molecule is C=CCCOC(=O)[C@H]1[C@H]2C(=O)N([C@@H](CC)CO)C(C(=O)N(CC=C)c3ccc(N(CC)CC)cc3)C23CC[C@]1(C)O3. The number of benzene rings is 1. The lowest BCUT2D eigenvalue weighted by Crippen LogP contribution is -2.59. The van der Waals surface area contributed by atoms with Crippen LogP contribution in [0.1, 0.15) is 53.4 Å². The highest BCUT2D eigenvalue weighted by Crippen LogP contribution is 2.63. The van der Waals surface area contributed by atoms with E-state index in [4.69, 9.17) is 9.47 Å². The molecule has 2 bridgehead atoms. The second-order valence-electron chi connectivity index (χ2n) is 11.4. The first-order valence-electron chi connectivity index (χ1n) is 14.9. The van der Waals surface area contributed by atoms with Gasteiger partial charge in [0.2, 0.25) is 5.91 Å². The Morgan fingerprint density at radius 2 is 1.80 bits per heavy atom. The maximum atomic E-state index is 14.7. The van der Waals surface area contributed by atoms with Crippen LogP contribution in [0.15, 0.2) is 49.6 Å². The summed E-state index contributed by atoms with van der Waals surface area (Å²) < 4.78 is 12.2. The van der Waals surface area contributed by atoms with Gasteiger partial charge in [-0.3, -0.25) is 14.4 Å². The van der Waals surface area contributed by atoms with Gasteiger partial charge in [0.25, 0.3) is 5.91 Å². The molecule has 0 aliphatic carbocycles. The van der Waals surface area contributed by atoms with Gasteiger partial charge in [0.15, 0.2) is 0 Å². The lowest BCUT2D eigenvalue weighted by atomic mass is 9.66. The fourth-order valence-corrected chi connectivity index (χ4v) is 7.17. The summed E-state index contributed by atoms with van der Waals surface area (Å²) in [5.74, 6) is -2.86. The van der Waals surface area contributed by atoms with Crippen molar-refractivity contribution in [1.29, 1.82) is 0 Å². The van der Waals surface area contributed by atoms with E-state index in [1.807, 2.05) is 38.1 Å². The van der Waals surface area contributed by atoms with E-state index >= 15 is 0 Å². The number of hydrogen-bond acceptors (Lipinski definition) is 7. The van der Waals surface area contributed by atoms with E-state index in [-0.39, 0.29) is 31.6 Å². The van der Waals surface area contributed by atoms with Crippen LogP contribution in [0.3, 0.4) is 0 Å². The van der Waals surface area contributed by atoms with Crippen LogP contribution in [0.5, 0.6) is 0 Å². The van der Waals surface area contributed by atoms with E-state index in [0.717, 1.165) is 18.8 Å². The van der Waals surface area contributed by atoms with Gasteiger partial charge in [-0.05, 0) is 70.7 Å². The molecule has 6 atom stereocenters. The quantitative estimate of drug-likeness (QED) is 0.208. The van der Waals surface area contributed by atoms with Crippen molar-refractivity contribution < 1.29 is 29.0 Å². The van der Waals surface area contributed by atoms with E-state index in [2.05, 4.69) is 31.9 Å². The highest BCUT2D eigenvalue weighted by molar-refractivity contribution is 6.05. The summed E-state index contributed by atoms with van der Waals surface area (Å²) in [5, 5.41) is 10.3. The summed E-state index contributed by atoms with van der Waals surface area (Å²) in [4.78, 5) is 47.7. The molecule has 9 heteroatoms. The molecule has 1 N–H and O–H groups in total. The first-order valence-corrected chi connectivity index (χ1v) is 14.9. The van der Waals surface area contributed by atoms with Crippen LogP contribution in [0.2, 0.25) is 0 Å². The molecule has 41 heavy (non-hydrogen) atoms. The molecule has 4 rings (SSSR count). The van der Waals surface area contributed by atoms with Crippen LogP contribution in [-0.4, -0.2) is 83.9 Å². The number of carbonyl (C=O) groups excluding carboxylic acids is 3.